The van der Waals surface area contributed by atoms with Crippen LogP contribution in [0.3, 0.4) is 0 Å². The summed E-state index contributed by atoms with van der Waals surface area (Å²) in [6.45, 7) is 1.37. The third kappa shape index (κ3) is 3.65. The quantitative estimate of drug-likeness (QED) is 0.786. The van der Waals surface area contributed by atoms with E-state index in [-0.39, 0.29) is 29.2 Å². The van der Waals surface area contributed by atoms with Gasteiger partial charge in [0.25, 0.3) is 0 Å². The predicted octanol–water partition coefficient (Wildman–Crippen LogP) is 0.448. The maximum Gasteiger partial charge on any atom is 0.227 e. The van der Waals surface area contributed by atoms with E-state index in [9.17, 15) is 9.90 Å². The van der Waals surface area contributed by atoms with Gasteiger partial charge in [-0.3, -0.25) is 4.79 Å². The van der Waals surface area contributed by atoms with Gasteiger partial charge in [-0.05, 0) is 17.7 Å². The van der Waals surface area contributed by atoms with Crippen LogP contribution in [0.1, 0.15) is 5.56 Å². The van der Waals surface area contributed by atoms with E-state index in [4.69, 9.17) is 22.7 Å². The molecule has 19 heavy (non-hydrogen) atoms. The predicted molar refractivity (Wildman–Crippen MR) is 74.9 cm³/mol. The molecule has 0 radical (unpaired) electrons. The first kappa shape index (κ1) is 13.8. The van der Waals surface area contributed by atoms with Crippen molar-refractivity contribution in [2.24, 2.45) is 5.73 Å². The summed E-state index contributed by atoms with van der Waals surface area (Å²) in [5, 5.41) is 9.37. The van der Waals surface area contributed by atoms with Crippen molar-refractivity contribution in [3.05, 3.63) is 29.8 Å². The van der Waals surface area contributed by atoms with E-state index in [1.807, 2.05) is 6.07 Å². The topological polar surface area (TPSA) is 75.8 Å². The number of phenols is 1. The Morgan fingerprint density at radius 2 is 2.37 bits per heavy atom. The maximum atomic E-state index is 12.2. The first-order valence-electron chi connectivity index (χ1n) is 6.03. The number of hydrogen-bond donors (Lipinski definition) is 2. The normalized spacial score (nSPS) is 19.2. The number of hydrogen-bond acceptors (Lipinski definition) is 4. The second-order valence-electron chi connectivity index (χ2n) is 4.45. The van der Waals surface area contributed by atoms with E-state index < -0.39 is 0 Å². The number of aromatic hydroxyl groups is 1. The number of carbonyl (C=O) groups is 1. The zero-order valence-corrected chi connectivity index (χ0v) is 11.2. The lowest BCUT2D eigenvalue weighted by atomic mass is 10.1. The minimum atomic E-state index is -0.364. The van der Waals surface area contributed by atoms with Gasteiger partial charge in [0.15, 0.2) is 0 Å². The van der Waals surface area contributed by atoms with Crippen molar-refractivity contribution < 1.29 is 14.6 Å². The van der Waals surface area contributed by atoms with Gasteiger partial charge in [-0.2, -0.15) is 0 Å². The van der Waals surface area contributed by atoms with Gasteiger partial charge >= 0.3 is 0 Å². The highest BCUT2D eigenvalue weighted by Gasteiger charge is 2.25. The molecule has 1 heterocycles. The first-order valence-corrected chi connectivity index (χ1v) is 6.43. The highest BCUT2D eigenvalue weighted by molar-refractivity contribution is 7.80. The van der Waals surface area contributed by atoms with E-state index in [2.05, 4.69) is 0 Å². The van der Waals surface area contributed by atoms with E-state index in [1.165, 1.54) is 0 Å². The summed E-state index contributed by atoms with van der Waals surface area (Å²) in [6, 6.07) is 6.69. The van der Waals surface area contributed by atoms with E-state index >= 15 is 0 Å². The smallest absolute Gasteiger partial charge is 0.227 e. The van der Waals surface area contributed by atoms with Crippen LogP contribution in [0.4, 0.5) is 0 Å². The molecule has 1 amide bonds. The molecule has 0 saturated carbocycles. The lowest BCUT2D eigenvalue weighted by molar-refractivity contribution is -0.135. The minimum absolute atomic E-state index is 0.0184. The molecule has 5 nitrogen and oxygen atoms in total. The highest BCUT2D eigenvalue weighted by atomic mass is 32.1. The van der Waals surface area contributed by atoms with Gasteiger partial charge in [0.05, 0.1) is 19.6 Å². The van der Waals surface area contributed by atoms with Gasteiger partial charge in [0.1, 0.15) is 16.8 Å². The molecule has 0 aromatic heterocycles. The zero-order valence-electron chi connectivity index (χ0n) is 10.4. The van der Waals surface area contributed by atoms with E-state index in [0.29, 0.717) is 19.7 Å². The minimum Gasteiger partial charge on any atom is -0.508 e. The number of morpholine rings is 1. The Bertz CT molecular complexity index is 493. The fourth-order valence-corrected chi connectivity index (χ4v) is 2.14. The van der Waals surface area contributed by atoms with Gasteiger partial charge in [0.2, 0.25) is 5.91 Å². The summed E-state index contributed by atoms with van der Waals surface area (Å²) in [5.74, 6) is 0.142. The molecule has 1 aliphatic rings. The fraction of sp³-hybridized carbons (Fsp3) is 0.385. The molecule has 0 spiro atoms. The lowest BCUT2D eigenvalue weighted by Crippen LogP contribution is -2.50. The van der Waals surface area contributed by atoms with Crippen LogP contribution in [-0.4, -0.2) is 46.7 Å². The van der Waals surface area contributed by atoms with Crippen molar-refractivity contribution in [1.29, 1.82) is 0 Å². The van der Waals surface area contributed by atoms with Gasteiger partial charge in [-0.1, -0.05) is 24.4 Å². The van der Waals surface area contributed by atoms with Gasteiger partial charge in [-0.15, -0.1) is 0 Å². The second kappa shape index (κ2) is 5.99. The van der Waals surface area contributed by atoms with E-state index in [0.717, 1.165) is 5.56 Å². The molecule has 1 aliphatic heterocycles. The Labute approximate surface area is 117 Å². The fourth-order valence-electron chi connectivity index (χ4n) is 2.00. The van der Waals surface area contributed by atoms with Crippen LogP contribution in [0.25, 0.3) is 0 Å². The second-order valence-corrected chi connectivity index (χ2v) is 4.92. The van der Waals surface area contributed by atoms with Crippen molar-refractivity contribution in [1.82, 2.24) is 4.90 Å². The number of nitrogens with zero attached hydrogens (tertiary/aromatic N) is 1. The van der Waals surface area contributed by atoms with Crippen molar-refractivity contribution in [3.63, 3.8) is 0 Å². The van der Waals surface area contributed by atoms with Crippen LogP contribution < -0.4 is 5.73 Å². The summed E-state index contributed by atoms with van der Waals surface area (Å²) in [6.07, 6.45) is -0.116. The van der Waals surface area contributed by atoms with Crippen LogP contribution in [0.2, 0.25) is 0 Å². The molecule has 1 aromatic rings. The van der Waals surface area contributed by atoms with Gasteiger partial charge in [0, 0.05) is 6.54 Å². The molecule has 3 N–H and O–H groups in total. The van der Waals surface area contributed by atoms with Crippen LogP contribution >= 0.6 is 12.2 Å². The van der Waals surface area contributed by atoms with Gasteiger partial charge < -0.3 is 20.5 Å². The average Bonchev–Trinajstić information content (AvgIpc) is 2.39. The third-order valence-electron chi connectivity index (χ3n) is 3.00. The molecule has 0 aliphatic carbocycles. The average molecular weight is 280 g/mol. The molecule has 1 aromatic carbocycles. The molecule has 2 rings (SSSR count). The van der Waals surface area contributed by atoms with Crippen LogP contribution in [0.5, 0.6) is 5.75 Å². The van der Waals surface area contributed by atoms with Crippen molar-refractivity contribution in [2.45, 2.75) is 12.5 Å². The monoisotopic (exact) mass is 280 g/mol. The van der Waals surface area contributed by atoms with Crippen LogP contribution in [0, 0.1) is 0 Å². The molecule has 6 heteroatoms. The Morgan fingerprint density at radius 1 is 1.58 bits per heavy atom. The summed E-state index contributed by atoms with van der Waals surface area (Å²) in [7, 11) is 0. The number of benzene rings is 1. The highest BCUT2D eigenvalue weighted by Crippen LogP contribution is 2.13. The Kier molecular flexibility index (Phi) is 4.34. The Balaban J connectivity index is 1.98. The van der Waals surface area contributed by atoms with Crippen LogP contribution in [-0.2, 0) is 16.0 Å². The van der Waals surface area contributed by atoms with Crippen LogP contribution in [0.15, 0.2) is 24.3 Å². The Hall–Kier alpha value is -1.66. The number of amides is 1. The molecule has 1 fully saturated rings. The number of phenolic OH excluding ortho intramolecular Hbond substituents is 1. The molecule has 1 atom stereocenters. The SMILES string of the molecule is NC(=S)C1CN(C(=O)Cc2cccc(O)c2)CCO1. The number of carbonyl (C=O) groups excluding carboxylic acids is 1. The first-order chi connectivity index (χ1) is 9.06. The lowest BCUT2D eigenvalue weighted by Gasteiger charge is -2.32. The summed E-state index contributed by atoms with van der Waals surface area (Å²) in [4.78, 5) is 14.1. The van der Waals surface area contributed by atoms with E-state index in [1.54, 1.807) is 23.1 Å². The van der Waals surface area contributed by atoms with Gasteiger partial charge in [-0.25, -0.2) is 0 Å². The molecular formula is C13H16N2O3S. The number of rotatable bonds is 3. The zero-order chi connectivity index (χ0) is 13.8. The summed E-state index contributed by atoms with van der Waals surface area (Å²) >= 11 is 4.88. The number of ether oxygens (including phenoxy) is 1. The molecule has 1 unspecified atom stereocenters. The standard InChI is InChI=1S/C13H16N2O3S/c14-13(19)11-8-15(4-5-18-11)12(17)7-9-2-1-3-10(16)6-9/h1-3,6,11,16H,4-5,7-8H2,(H2,14,19). The summed E-state index contributed by atoms with van der Waals surface area (Å²) < 4.78 is 5.39. The Morgan fingerprint density at radius 3 is 3.05 bits per heavy atom. The number of nitrogens with two attached hydrogens (primary N) is 1. The third-order valence-corrected chi connectivity index (χ3v) is 3.27. The number of thiocarbonyl (C=S) groups is 1. The molecule has 0 bridgehead atoms. The molecule has 102 valence electrons. The molecular weight excluding hydrogens is 264 g/mol. The van der Waals surface area contributed by atoms with Crippen molar-refractivity contribution in [2.75, 3.05) is 19.7 Å². The molecule has 1 saturated heterocycles. The maximum absolute atomic E-state index is 12.2. The largest absolute Gasteiger partial charge is 0.508 e. The van der Waals surface area contributed by atoms with Crippen molar-refractivity contribution in [3.8, 4) is 5.75 Å². The van der Waals surface area contributed by atoms with Crippen molar-refractivity contribution >= 4 is 23.1 Å². The summed E-state index contributed by atoms with van der Waals surface area (Å²) in [5.41, 5.74) is 6.32.